The zero-order chi connectivity index (χ0) is 16.8. The molecular formula is C17H14Cl2O4. The van der Waals surface area contributed by atoms with Crippen molar-refractivity contribution in [3.8, 4) is 11.5 Å². The van der Waals surface area contributed by atoms with Gasteiger partial charge in [0, 0.05) is 21.7 Å². The number of halogens is 2. The van der Waals surface area contributed by atoms with Crippen LogP contribution in [0.2, 0.25) is 10.0 Å². The molecule has 6 heteroatoms. The van der Waals surface area contributed by atoms with Crippen LogP contribution in [0.1, 0.15) is 11.1 Å². The summed E-state index contributed by atoms with van der Waals surface area (Å²) in [4.78, 5) is 10.6. The molecule has 2 aromatic carbocycles. The number of ether oxygens (including phenoxy) is 2. The van der Waals surface area contributed by atoms with Crippen LogP contribution >= 0.6 is 23.2 Å². The molecule has 0 heterocycles. The first-order valence-electron chi connectivity index (χ1n) is 6.65. The average molecular weight is 353 g/mol. The predicted molar refractivity (Wildman–Crippen MR) is 90.5 cm³/mol. The van der Waals surface area contributed by atoms with E-state index in [1.807, 2.05) is 0 Å². The Morgan fingerprint density at radius 3 is 2.61 bits per heavy atom. The van der Waals surface area contributed by atoms with Gasteiger partial charge in [0.25, 0.3) is 0 Å². The number of carboxylic acid groups (broad SMARTS) is 1. The predicted octanol–water partition coefficient (Wildman–Crippen LogP) is 4.68. The van der Waals surface area contributed by atoms with E-state index < -0.39 is 5.97 Å². The second-order valence-corrected chi connectivity index (χ2v) is 5.45. The van der Waals surface area contributed by atoms with Crippen molar-refractivity contribution in [2.24, 2.45) is 0 Å². The monoisotopic (exact) mass is 352 g/mol. The normalized spacial score (nSPS) is 10.7. The quantitative estimate of drug-likeness (QED) is 0.767. The fourth-order valence-corrected chi connectivity index (χ4v) is 2.33. The van der Waals surface area contributed by atoms with Gasteiger partial charge in [0.1, 0.15) is 6.61 Å². The SMILES string of the molecule is COc1ccc(C=CC(=O)O)cc1OCc1ccc(Cl)cc1Cl. The minimum absolute atomic E-state index is 0.235. The summed E-state index contributed by atoms with van der Waals surface area (Å²) >= 11 is 12.0. The summed E-state index contributed by atoms with van der Waals surface area (Å²) in [6, 6.07) is 10.3. The molecule has 0 saturated carbocycles. The number of carbonyl (C=O) groups is 1. The largest absolute Gasteiger partial charge is 0.493 e. The third-order valence-electron chi connectivity index (χ3n) is 3.00. The zero-order valence-corrected chi connectivity index (χ0v) is 13.8. The van der Waals surface area contributed by atoms with Crippen molar-refractivity contribution in [3.63, 3.8) is 0 Å². The van der Waals surface area contributed by atoms with Crippen molar-refractivity contribution in [2.75, 3.05) is 7.11 Å². The van der Waals surface area contributed by atoms with Gasteiger partial charge in [-0.25, -0.2) is 4.79 Å². The molecule has 120 valence electrons. The van der Waals surface area contributed by atoms with Crippen molar-refractivity contribution in [1.29, 1.82) is 0 Å². The van der Waals surface area contributed by atoms with Crippen LogP contribution in [0.3, 0.4) is 0 Å². The van der Waals surface area contributed by atoms with E-state index in [-0.39, 0.29) is 6.61 Å². The van der Waals surface area contributed by atoms with Gasteiger partial charge in [-0.2, -0.15) is 0 Å². The van der Waals surface area contributed by atoms with Gasteiger partial charge in [0.05, 0.1) is 7.11 Å². The van der Waals surface area contributed by atoms with E-state index in [0.29, 0.717) is 27.1 Å². The van der Waals surface area contributed by atoms with E-state index in [2.05, 4.69) is 0 Å². The van der Waals surface area contributed by atoms with Crippen LogP contribution in [0.5, 0.6) is 11.5 Å². The summed E-state index contributed by atoms with van der Waals surface area (Å²) in [7, 11) is 1.53. The number of carboxylic acids is 1. The molecule has 0 amide bonds. The Bertz CT molecular complexity index is 741. The number of benzene rings is 2. The fraction of sp³-hybridized carbons (Fsp3) is 0.118. The molecule has 1 N–H and O–H groups in total. The summed E-state index contributed by atoms with van der Waals surface area (Å²) in [6.07, 6.45) is 2.53. The van der Waals surface area contributed by atoms with Gasteiger partial charge in [-0.1, -0.05) is 35.3 Å². The Labute approximate surface area is 143 Å². The molecule has 0 atom stereocenters. The molecule has 0 unspecified atom stereocenters. The first kappa shape index (κ1) is 17.2. The minimum atomic E-state index is -1.02. The van der Waals surface area contributed by atoms with Crippen LogP contribution in [0.4, 0.5) is 0 Å². The first-order chi connectivity index (χ1) is 11.0. The zero-order valence-electron chi connectivity index (χ0n) is 12.3. The minimum Gasteiger partial charge on any atom is -0.493 e. The maximum Gasteiger partial charge on any atom is 0.328 e. The highest BCUT2D eigenvalue weighted by Gasteiger charge is 2.08. The lowest BCUT2D eigenvalue weighted by atomic mass is 10.2. The Balaban J connectivity index is 2.20. The average Bonchev–Trinajstić information content (AvgIpc) is 2.52. The van der Waals surface area contributed by atoms with Crippen LogP contribution in [-0.4, -0.2) is 18.2 Å². The van der Waals surface area contributed by atoms with Crippen LogP contribution < -0.4 is 9.47 Å². The van der Waals surface area contributed by atoms with Crippen molar-refractivity contribution in [2.45, 2.75) is 6.61 Å². The molecular weight excluding hydrogens is 339 g/mol. The summed E-state index contributed by atoms with van der Waals surface area (Å²) in [5, 5.41) is 9.75. The Morgan fingerprint density at radius 1 is 1.17 bits per heavy atom. The molecule has 0 aromatic heterocycles. The molecule has 2 rings (SSSR count). The van der Waals surface area contributed by atoms with Crippen molar-refractivity contribution in [1.82, 2.24) is 0 Å². The number of hydrogen-bond acceptors (Lipinski definition) is 3. The summed E-state index contributed by atoms with van der Waals surface area (Å²) in [5.41, 5.74) is 1.47. The van der Waals surface area contributed by atoms with Crippen LogP contribution in [0.15, 0.2) is 42.5 Å². The lowest BCUT2D eigenvalue weighted by Gasteiger charge is -2.12. The summed E-state index contributed by atoms with van der Waals surface area (Å²) in [6.45, 7) is 0.235. The number of methoxy groups -OCH3 is 1. The molecule has 2 aromatic rings. The lowest BCUT2D eigenvalue weighted by Crippen LogP contribution is -1.99. The summed E-state index contributed by atoms with van der Waals surface area (Å²) in [5.74, 6) is 0.0184. The van der Waals surface area contributed by atoms with Crippen molar-refractivity contribution in [3.05, 3.63) is 63.6 Å². The van der Waals surface area contributed by atoms with Crippen molar-refractivity contribution >= 4 is 35.2 Å². The van der Waals surface area contributed by atoms with E-state index in [1.165, 1.54) is 13.2 Å². The molecule has 0 aliphatic rings. The Kier molecular flexibility index (Phi) is 5.90. The van der Waals surface area contributed by atoms with Crippen LogP contribution in [0.25, 0.3) is 6.08 Å². The third-order valence-corrected chi connectivity index (χ3v) is 3.59. The molecule has 23 heavy (non-hydrogen) atoms. The smallest absolute Gasteiger partial charge is 0.328 e. The Morgan fingerprint density at radius 2 is 1.96 bits per heavy atom. The Hall–Kier alpha value is -2.17. The maximum absolute atomic E-state index is 10.6. The van der Waals surface area contributed by atoms with Gasteiger partial charge in [0.15, 0.2) is 11.5 Å². The van der Waals surface area contributed by atoms with E-state index >= 15 is 0 Å². The highest BCUT2D eigenvalue weighted by Crippen LogP contribution is 2.30. The molecule has 4 nitrogen and oxygen atoms in total. The van der Waals surface area contributed by atoms with E-state index in [0.717, 1.165) is 11.6 Å². The maximum atomic E-state index is 10.6. The van der Waals surface area contributed by atoms with Gasteiger partial charge < -0.3 is 14.6 Å². The number of aliphatic carboxylic acids is 1. The van der Waals surface area contributed by atoms with Crippen molar-refractivity contribution < 1.29 is 19.4 Å². The molecule has 0 spiro atoms. The standard InChI is InChI=1S/C17H14Cl2O4/c1-22-15-6-2-11(3-7-17(20)21)8-16(15)23-10-12-4-5-13(18)9-14(12)19/h2-9H,10H2,1H3,(H,20,21). The molecule has 0 bridgehead atoms. The fourth-order valence-electron chi connectivity index (χ4n) is 1.87. The van der Waals surface area contributed by atoms with E-state index in [9.17, 15) is 4.79 Å². The third kappa shape index (κ3) is 4.91. The second-order valence-electron chi connectivity index (χ2n) is 4.61. The van der Waals surface area contributed by atoms with Gasteiger partial charge in [-0.05, 0) is 35.9 Å². The number of rotatable bonds is 6. The topological polar surface area (TPSA) is 55.8 Å². The molecule has 0 saturated heterocycles. The molecule has 0 aliphatic carbocycles. The lowest BCUT2D eigenvalue weighted by molar-refractivity contribution is -0.131. The van der Waals surface area contributed by atoms with Crippen LogP contribution in [0, 0.1) is 0 Å². The highest BCUT2D eigenvalue weighted by atomic mass is 35.5. The number of hydrogen-bond donors (Lipinski definition) is 1. The summed E-state index contributed by atoms with van der Waals surface area (Å²) < 4.78 is 11.0. The first-order valence-corrected chi connectivity index (χ1v) is 7.41. The van der Waals surface area contributed by atoms with E-state index in [4.69, 9.17) is 37.8 Å². The molecule has 0 aliphatic heterocycles. The van der Waals surface area contributed by atoms with Gasteiger partial charge in [-0.15, -0.1) is 0 Å². The van der Waals surface area contributed by atoms with Crippen LogP contribution in [-0.2, 0) is 11.4 Å². The van der Waals surface area contributed by atoms with Gasteiger partial charge in [-0.3, -0.25) is 0 Å². The van der Waals surface area contributed by atoms with E-state index in [1.54, 1.807) is 36.4 Å². The second kappa shape index (κ2) is 7.90. The van der Waals surface area contributed by atoms with Gasteiger partial charge >= 0.3 is 5.97 Å². The highest BCUT2D eigenvalue weighted by molar-refractivity contribution is 6.35. The molecule has 0 radical (unpaired) electrons. The molecule has 0 fully saturated rings. The van der Waals surface area contributed by atoms with Gasteiger partial charge in [0.2, 0.25) is 0 Å².